The topological polar surface area (TPSA) is 56.5 Å². The summed E-state index contributed by atoms with van der Waals surface area (Å²) < 4.78 is 63.6. The molecule has 1 aromatic carbocycles. The molecule has 2 aromatic rings. The second kappa shape index (κ2) is 6.77. The Labute approximate surface area is 132 Å². The largest absolute Gasteiger partial charge is 0.416 e. The van der Waals surface area contributed by atoms with Crippen molar-refractivity contribution in [1.29, 1.82) is 0 Å². The van der Waals surface area contributed by atoms with Crippen LogP contribution in [0.3, 0.4) is 0 Å². The second-order valence-electron chi connectivity index (χ2n) is 4.64. The molecule has 0 atom stereocenters. The predicted molar refractivity (Wildman–Crippen MR) is 72.6 cm³/mol. The maximum absolute atomic E-state index is 12.7. The van der Waals surface area contributed by atoms with Crippen LogP contribution in [-0.2, 0) is 18.1 Å². The smallest absolute Gasteiger partial charge is 0.313 e. The molecule has 0 N–H and O–H groups in total. The van der Waals surface area contributed by atoms with E-state index in [1.54, 1.807) is 0 Å². The molecular formula is C14H10F5N3O2. The van der Waals surface area contributed by atoms with Crippen molar-refractivity contribution in [3.8, 4) is 0 Å². The van der Waals surface area contributed by atoms with Gasteiger partial charge in [0.15, 0.2) is 0 Å². The molecule has 0 amide bonds. The molecule has 0 saturated heterocycles. The summed E-state index contributed by atoms with van der Waals surface area (Å²) in [5.41, 5.74) is -1.80. The zero-order valence-corrected chi connectivity index (χ0v) is 12.1. The highest BCUT2D eigenvalue weighted by atomic mass is 19.4. The minimum absolute atomic E-state index is 0.232. The molecule has 1 aromatic heterocycles. The lowest BCUT2D eigenvalue weighted by Gasteiger charge is -2.05. The highest BCUT2D eigenvalue weighted by Crippen LogP contribution is 2.28. The summed E-state index contributed by atoms with van der Waals surface area (Å²) in [6, 6.07) is 3.90. The van der Waals surface area contributed by atoms with Gasteiger partial charge in [-0.05, 0) is 17.7 Å². The third kappa shape index (κ3) is 4.15. The quantitative estimate of drug-likeness (QED) is 0.368. The summed E-state index contributed by atoms with van der Waals surface area (Å²) in [6.07, 6.45) is -5.39. The lowest BCUT2D eigenvalue weighted by molar-refractivity contribution is -0.137. The lowest BCUT2D eigenvalue weighted by Crippen LogP contribution is -2.05. The SMILES string of the molecule is Cn1cc(C(=O)O/N=C/c2ccc(C(F)(F)F)cc2)c(C(F)F)n1. The van der Waals surface area contributed by atoms with Crippen LogP contribution < -0.4 is 0 Å². The molecule has 0 aliphatic heterocycles. The fourth-order valence-electron chi connectivity index (χ4n) is 1.77. The van der Waals surface area contributed by atoms with Crippen LogP contribution in [0.1, 0.15) is 33.6 Å². The molecule has 5 nitrogen and oxygen atoms in total. The number of oxime groups is 1. The van der Waals surface area contributed by atoms with E-state index < -0.39 is 35.4 Å². The van der Waals surface area contributed by atoms with Crippen LogP contribution in [0.4, 0.5) is 22.0 Å². The maximum atomic E-state index is 12.7. The van der Waals surface area contributed by atoms with E-state index in [9.17, 15) is 26.7 Å². The molecule has 0 radical (unpaired) electrons. The highest BCUT2D eigenvalue weighted by Gasteiger charge is 2.29. The minimum atomic E-state index is -4.46. The van der Waals surface area contributed by atoms with Gasteiger partial charge in [0.25, 0.3) is 6.43 Å². The van der Waals surface area contributed by atoms with Crippen molar-refractivity contribution in [3.63, 3.8) is 0 Å². The van der Waals surface area contributed by atoms with Gasteiger partial charge in [0.2, 0.25) is 0 Å². The van der Waals surface area contributed by atoms with Crippen LogP contribution in [0.5, 0.6) is 0 Å². The van der Waals surface area contributed by atoms with Crippen LogP contribution in [0, 0.1) is 0 Å². The summed E-state index contributed by atoms with van der Waals surface area (Å²) in [6.45, 7) is 0. The molecule has 0 spiro atoms. The number of aryl methyl sites for hydroxylation is 1. The molecule has 0 aliphatic rings. The van der Waals surface area contributed by atoms with Crippen molar-refractivity contribution >= 4 is 12.2 Å². The van der Waals surface area contributed by atoms with Crippen molar-refractivity contribution in [2.75, 3.05) is 0 Å². The first-order valence-corrected chi connectivity index (χ1v) is 6.42. The second-order valence-corrected chi connectivity index (χ2v) is 4.64. The fraction of sp³-hybridized carbons (Fsp3) is 0.214. The number of rotatable bonds is 4. The van der Waals surface area contributed by atoms with Crippen molar-refractivity contribution in [1.82, 2.24) is 9.78 Å². The van der Waals surface area contributed by atoms with Crippen molar-refractivity contribution in [2.45, 2.75) is 12.6 Å². The van der Waals surface area contributed by atoms with E-state index >= 15 is 0 Å². The molecule has 0 saturated carbocycles. The molecule has 128 valence electrons. The van der Waals surface area contributed by atoms with E-state index in [-0.39, 0.29) is 5.56 Å². The van der Waals surface area contributed by atoms with E-state index in [0.29, 0.717) is 0 Å². The van der Waals surface area contributed by atoms with Gasteiger partial charge in [-0.25, -0.2) is 13.6 Å². The van der Waals surface area contributed by atoms with Gasteiger partial charge in [-0.1, -0.05) is 17.3 Å². The minimum Gasteiger partial charge on any atom is -0.313 e. The standard InChI is InChI=1S/C14H10F5N3O2/c1-22-7-10(11(21-22)12(15)16)13(23)24-20-6-8-2-4-9(5-3-8)14(17,18)19/h2-7,12H,1H3/b20-6+. The monoisotopic (exact) mass is 347 g/mol. The van der Waals surface area contributed by atoms with E-state index in [2.05, 4.69) is 15.1 Å². The number of aromatic nitrogens is 2. The molecule has 0 fully saturated rings. The Morgan fingerprint density at radius 3 is 2.46 bits per heavy atom. The Hall–Kier alpha value is -2.78. The number of hydrogen-bond donors (Lipinski definition) is 0. The molecule has 2 rings (SSSR count). The summed E-state index contributed by atoms with van der Waals surface area (Å²) >= 11 is 0. The van der Waals surface area contributed by atoms with Gasteiger partial charge < -0.3 is 4.84 Å². The first-order chi connectivity index (χ1) is 11.2. The van der Waals surface area contributed by atoms with Gasteiger partial charge in [0.1, 0.15) is 11.3 Å². The molecular weight excluding hydrogens is 337 g/mol. The number of nitrogens with zero attached hydrogens (tertiary/aromatic N) is 3. The Bertz CT molecular complexity index is 751. The molecule has 0 bridgehead atoms. The Morgan fingerprint density at radius 1 is 1.29 bits per heavy atom. The molecule has 10 heteroatoms. The molecule has 1 heterocycles. The first kappa shape index (κ1) is 17.6. The van der Waals surface area contributed by atoms with E-state index in [4.69, 9.17) is 0 Å². The van der Waals surface area contributed by atoms with E-state index in [1.807, 2.05) is 0 Å². The average Bonchev–Trinajstić information content (AvgIpc) is 2.89. The van der Waals surface area contributed by atoms with Crippen LogP contribution in [0.2, 0.25) is 0 Å². The zero-order valence-electron chi connectivity index (χ0n) is 12.1. The first-order valence-electron chi connectivity index (χ1n) is 6.42. The lowest BCUT2D eigenvalue weighted by atomic mass is 10.1. The Balaban J connectivity index is 2.05. The summed E-state index contributed by atoms with van der Waals surface area (Å²) in [7, 11) is 1.36. The van der Waals surface area contributed by atoms with Crippen molar-refractivity contribution < 1.29 is 31.6 Å². The van der Waals surface area contributed by atoms with Gasteiger partial charge in [0.05, 0.1) is 11.8 Å². The average molecular weight is 347 g/mol. The molecule has 24 heavy (non-hydrogen) atoms. The number of alkyl halides is 5. The summed E-state index contributed by atoms with van der Waals surface area (Å²) in [4.78, 5) is 16.1. The summed E-state index contributed by atoms with van der Waals surface area (Å²) in [5, 5.41) is 6.72. The van der Waals surface area contributed by atoms with Crippen LogP contribution in [-0.4, -0.2) is 22.0 Å². The highest BCUT2D eigenvalue weighted by molar-refractivity contribution is 5.91. The fourth-order valence-corrected chi connectivity index (χ4v) is 1.77. The predicted octanol–water partition coefficient (Wildman–Crippen LogP) is 3.57. The zero-order chi connectivity index (χ0) is 17.9. The number of halogens is 5. The number of carbonyl (C=O) groups excluding carboxylic acids is 1. The molecule has 0 unspecified atom stereocenters. The molecule has 0 aliphatic carbocycles. The summed E-state index contributed by atoms with van der Waals surface area (Å²) in [5.74, 6) is -1.15. The van der Waals surface area contributed by atoms with Crippen molar-refractivity contribution in [3.05, 3.63) is 52.8 Å². The van der Waals surface area contributed by atoms with Crippen molar-refractivity contribution in [2.24, 2.45) is 12.2 Å². The van der Waals surface area contributed by atoms with Gasteiger partial charge >= 0.3 is 12.1 Å². The number of hydrogen-bond acceptors (Lipinski definition) is 4. The van der Waals surface area contributed by atoms with Crippen LogP contribution >= 0.6 is 0 Å². The normalized spacial score (nSPS) is 12.1. The number of benzene rings is 1. The van der Waals surface area contributed by atoms with Crippen LogP contribution in [0.15, 0.2) is 35.6 Å². The Kier molecular flexibility index (Phi) is 4.96. The third-order valence-electron chi connectivity index (χ3n) is 2.86. The Morgan fingerprint density at radius 2 is 1.92 bits per heavy atom. The van der Waals surface area contributed by atoms with E-state index in [0.717, 1.165) is 41.4 Å². The van der Waals surface area contributed by atoms with Gasteiger partial charge in [-0.15, -0.1) is 0 Å². The van der Waals surface area contributed by atoms with Gasteiger partial charge in [-0.3, -0.25) is 4.68 Å². The van der Waals surface area contributed by atoms with Gasteiger partial charge in [-0.2, -0.15) is 18.3 Å². The number of carbonyl (C=O) groups is 1. The van der Waals surface area contributed by atoms with Gasteiger partial charge in [0, 0.05) is 13.2 Å². The maximum Gasteiger partial charge on any atom is 0.416 e. The van der Waals surface area contributed by atoms with E-state index in [1.165, 1.54) is 7.05 Å². The van der Waals surface area contributed by atoms with Crippen LogP contribution in [0.25, 0.3) is 0 Å². The third-order valence-corrected chi connectivity index (χ3v) is 2.86.